The number of rotatable bonds is 20. The minimum Gasteiger partial charge on any atom is -0.481 e. The maximum atomic E-state index is 11.8. The summed E-state index contributed by atoms with van der Waals surface area (Å²) in [5.74, 6) is -1.15. The van der Waals surface area contributed by atoms with Gasteiger partial charge >= 0.3 is 17.9 Å². The molecule has 0 aliphatic heterocycles. The highest BCUT2D eigenvalue weighted by Crippen LogP contribution is 2.13. The Morgan fingerprint density at radius 2 is 1.10 bits per heavy atom. The van der Waals surface area contributed by atoms with E-state index in [9.17, 15) is 24.0 Å². The van der Waals surface area contributed by atoms with Gasteiger partial charge in [0.2, 0.25) is 5.91 Å². The Labute approximate surface area is 309 Å². The molecule has 0 heterocycles. The SMILES string of the molecule is CCCCCC(=O)c1ccc(C)c(C)c1.CON(C)C(=O)CCCCC(=O)OCc1ccccc1.O=C(O)CCCCC(=O)OCc1ccccc1. The van der Waals surface area contributed by atoms with Gasteiger partial charge in [0.05, 0.1) is 7.11 Å². The van der Waals surface area contributed by atoms with Crippen molar-refractivity contribution in [3.8, 4) is 0 Å². The van der Waals surface area contributed by atoms with E-state index >= 15 is 0 Å². The highest BCUT2D eigenvalue weighted by Gasteiger charge is 2.09. The summed E-state index contributed by atoms with van der Waals surface area (Å²) in [5.41, 5.74) is 5.25. The minimum absolute atomic E-state index is 0.0925. The number of carbonyl (C=O) groups is 5. The molecule has 0 unspecified atom stereocenters. The molecule has 0 aliphatic rings. The Bertz CT molecular complexity index is 1480. The second-order valence-corrected chi connectivity index (χ2v) is 12.4. The van der Waals surface area contributed by atoms with Crippen LogP contribution in [0.2, 0.25) is 0 Å². The lowest BCUT2D eigenvalue weighted by Gasteiger charge is -2.12. The number of ketones is 1. The summed E-state index contributed by atoms with van der Waals surface area (Å²) in [7, 11) is 3.01. The van der Waals surface area contributed by atoms with Crippen LogP contribution in [0.25, 0.3) is 0 Å². The largest absolute Gasteiger partial charge is 0.481 e. The van der Waals surface area contributed by atoms with Gasteiger partial charge in [-0.25, -0.2) is 5.06 Å². The smallest absolute Gasteiger partial charge is 0.306 e. The Morgan fingerprint density at radius 1 is 0.615 bits per heavy atom. The highest BCUT2D eigenvalue weighted by atomic mass is 16.7. The predicted molar refractivity (Wildman–Crippen MR) is 201 cm³/mol. The summed E-state index contributed by atoms with van der Waals surface area (Å²) in [4.78, 5) is 61.0. The number of carbonyl (C=O) groups excluding carboxylic acids is 4. The number of hydrogen-bond acceptors (Lipinski definition) is 8. The predicted octanol–water partition coefficient (Wildman–Crippen LogP) is 8.75. The van der Waals surface area contributed by atoms with E-state index in [2.05, 4.69) is 20.8 Å². The molecule has 10 nitrogen and oxygen atoms in total. The first-order chi connectivity index (χ1) is 25.0. The van der Waals surface area contributed by atoms with Crippen molar-refractivity contribution in [1.29, 1.82) is 0 Å². The van der Waals surface area contributed by atoms with Crippen LogP contribution in [0.1, 0.15) is 117 Å². The van der Waals surface area contributed by atoms with Gasteiger partial charge in [-0.15, -0.1) is 0 Å². The van der Waals surface area contributed by atoms with Crippen LogP contribution in [0.3, 0.4) is 0 Å². The number of hydrogen-bond donors (Lipinski definition) is 1. The van der Waals surface area contributed by atoms with E-state index in [0.717, 1.165) is 29.5 Å². The van der Waals surface area contributed by atoms with Gasteiger partial charge in [-0.2, -0.15) is 0 Å². The van der Waals surface area contributed by atoms with E-state index < -0.39 is 5.97 Å². The number of nitrogens with zero attached hydrogens (tertiary/aromatic N) is 1. The van der Waals surface area contributed by atoms with Gasteiger partial charge in [-0.1, -0.05) is 92.6 Å². The summed E-state index contributed by atoms with van der Waals surface area (Å²) in [6.45, 7) is 6.85. The maximum Gasteiger partial charge on any atom is 0.306 e. The number of ether oxygens (including phenoxy) is 2. The molecule has 3 aromatic carbocycles. The molecule has 0 spiro atoms. The van der Waals surface area contributed by atoms with Crippen LogP contribution in [0.4, 0.5) is 0 Å². The number of aryl methyl sites for hydroxylation is 2. The number of carboxylic acids is 1. The van der Waals surface area contributed by atoms with Crippen molar-refractivity contribution in [2.45, 2.75) is 111 Å². The second-order valence-electron chi connectivity index (χ2n) is 12.4. The number of unbranched alkanes of at least 4 members (excludes halogenated alkanes) is 4. The zero-order valence-corrected chi connectivity index (χ0v) is 31.6. The lowest BCUT2D eigenvalue weighted by Crippen LogP contribution is -2.24. The Morgan fingerprint density at radius 3 is 1.56 bits per heavy atom. The second kappa shape index (κ2) is 27.8. The summed E-state index contributed by atoms with van der Waals surface area (Å²) in [5, 5.41) is 9.60. The van der Waals surface area contributed by atoms with Crippen LogP contribution in [-0.2, 0) is 46.7 Å². The fraction of sp³-hybridized carbons (Fsp3) is 0.452. The number of benzene rings is 3. The molecule has 0 saturated heterocycles. The Kier molecular flexibility index (Phi) is 24.2. The highest BCUT2D eigenvalue weighted by molar-refractivity contribution is 5.96. The first-order valence-corrected chi connectivity index (χ1v) is 18.0. The molecule has 3 rings (SSSR count). The van der Waals surface area contributed by atoms with Crippen molar-refractivity contribution < 1.29 is 43.4 Å². The third-order valence-electron chi connectivity index (χ3n) is 7.99. The fourth-order valence-corrected chi connectivity index (χ4v) is 4.57. The standard InChI is InChI=1S/C15H21NO4.C14H20O.C13H16O4/c1-16(19-2)14(17)10-6-7-11-15(18)20-12-13-8-4-3-5-9-13;1-4-5-6-7-14(15)13-9-8-11(2)12(3)10-13;14-12(15)8-4-5-9-13(16)17-10-11-6-2-1-3-7-11/h3-5,8-9H,6-7,10-12H2,1-2H3;8-10H,4-7H2,1-3H3;1-3,6-7H,4-5,8-10H2,(H,14,15). The summed E-state index contributed by atoms with van der Waals surface area (Å²) in [6, 6.07) is 25.0. The number of Topliss-reactive ketones (excluding diaryl/α,β-unsaturated/α-hetero) is 1. The monoisotopic (exact) mass is 719 g/mol. The molecule has 1 N–H and O–H groups in total. The average molecular weight is 720 g/mol. The Balaban J connectivity index is 0.000000394. The molecule has 0 aliphatic carbocycles. The Hall–Kier alpha value is -4.83. The molecule has 0 fully saturated rings. The van der Waals surface area contributed by atoms with Crippen LogP contribution in [0.15, 0.2) is 78.9 Å². The van der Waals surface area contributed by atoms with Crippen LogP contribution >= 0.6 is 0 Å². The zero-order chi connectivity index (χ0) is 38.6. The maximum absolute atomic E-state index is 11.8. The molecule has 0 atom stereocenters. The van der Waals surface area contributed by atoms with Gasteiger partial charge in [0.15, 0.2) is 5.78 Å². The topological polar surface area (TPSA) is 137 Å². The van der Waals surface area contributed by atoms with Crippen molar-refractivity contribution in [1.82, 2.24) is 5.06 Å². The van der Waals surface area contributed by atoms with Gasteiger partial charge in [0, 0.05) is 44.7 Å². The van der Waals surface area contributed by atoms with Crippen LogP contribution in [0.5, 0.6) is 0 Å². The fourth-order valence-electron chi connectivity index (χ4n) is 4.57. The van der Waals surface area contributed by atoms with Crippen molar-refractivity contribution in [3.05, 3.63) is 107 Å². The van der Waals surface area contributed by atoms with E-state index in [1.165, 1.54) is 29.7 Å². The zero-order valence-electron chi connectivity index (χ0n) is 31.6. The molecule has 52 heavy (non-hydrogen) atoms. The summed E-state index contributed by atoms with van der Waals surface area (Å²) in [6.07, 6.45) is 7.45. The van der Waals surface area contributed by atoms with Crippen molar-refractivity contribution >= 4 is 29.6 Å². The molecule has 10 heteroatoms. The van der Waals surface area contributed by atoms with E-state index in [1.807, 2.05) is 78.9 Å². The first kappa shape index (κ1) is 45.2. The van der Waals surface area contributed by atoms with Gasteiger partial charge < -0.3 is 14.6 Å². The number of hydroxylamine groups is 2. The molecule has 0 bridgehead atoms. The molecule has 0 saturated carbocycles. The number of aliphatic carboxylic acids is 1. The van der Waals surface area contributed by atoms with Crippen LogP contribution in [0, 0.1) is 13.8 Å². The number of carboxylic acid groups (broad SMARTS) is 1. The van der Waals surface area contributed by atoms with Crippen molar-refractivity contribution in [2.75, 3.05) is 14.2 Å². The van der Waals surface area contributed by atoms with Gasteiger partial charge in [-0.3, -0.25) is 28.8 Å². The van der Waals surface area contributed by atoms with E-state index in [0.29, 0.717) is 51.6 Å². The van der Waals surface area contributed by atoms with Gasteiger partial charge in [0.25, 0.3) is 0 Å². The third kappa shape index (κ3) is 22.1. The van der Waals surface area contributed by atoms with Gasteiger partial charge in [0.1, 0.15) is 13.2 Å². The van der Waals surface area contributed by atoms with E-state index in [1.54, 1.807) is 7.05 Å². The minimum atomic E-state index is -0.831. The van der Waals surface area contributed by atoms with E-state index in [4.69, 9.17) is 19.4 Å². The quantitative estimate of drug-likeness (QED) is 0.0526. The molecular weight excluding hydrogens is 662 g/mol. The van der Waals surface area contributed by atoms with Crippen LogP contribution < -0.4 is 0 Å². The lowest BCUT2D eigenvalue weighted by molar-refractivity contribution is -0.168. The molecular formula is C42H57NO9. The molecule has 284 valence electrons. The molecule has 1 amide bonds. The number of esters is 2. The lowest BCUT2D eigenvalue weighted by atomic mass is 10.0. The summed E-state index contributed by atoms with van der Waals surface area (Å²) < 4.78 is 10.2. The normalized spacial score (nSPS) is 10.1. The molecule has 0 radical (unpaired) electrons. The van der Waals surface area contributed by atoms with Gasteiger partial charge in [-0.05, 0) is 74.3 Å². The van der Waals surface area contributed by atoms with Crippen molar-refractivity contribution in [2.24, 2.45) is 0 Å². The average Bonchev–Trinajstić information content (AvgIpc) is 3.15. The van der Waals surface area contributed by atoms with Crippen LogP contribution in [-0.4, -0.2) is 53.9 Å². The molecule has 3 aromatic rings. The number of amides is 1. The molecule has 0 aromatic heterocycles. The van der Waals surface area contributed by atoms with Crippen molar-refractivity contribution in [3.63, 3.8) is 0 Å². The third-order valence-corrected chi connectivity index (χ3v) is 7.99. The first-order valence-electron chi connectivity index (χ1n) is 18.0. The van der Waals surface area contributed by atoms with E-state index in [-0.39, 0.29) is 43.1 Å². The summed E-state index contributed by atoms with van der Waals surface area (Å²) >= 11 is 0.